The normalized spacial score (nSPS) is 10.5. The van der Waals surface area contributed by atoms with E-state index in [1.54, 1.807) is 18.0 Å². The summed E-state index contributed by atoms with van der Waals surface area (Å²) in [5.41, 5.74) is 7.00. The van der Waals surface area contributed by atoms with E-state index in [4.69, 9.17) is 16.6 Å². The summed E-state index contributed by atoms with van der Waals surface area (Å²) in [5.74, 6) is -0.455. The van der Waals surface area contributed by atoms with Crippen LogP contribution < -0.4 is 11.1 Å². The van der Waals surface area contributed by atoms with E-state index >= 15 is 0 Å². The summed E-state index contributed by atoms with van der Waals surface area (Å²) >= 11 is 0. The van der Waals surface area contributed by atoms with E-state index in [-0.39, 0.29) is 17.7 Å². The zero-order valence-electron chi connectivity index (χ0n) is 11.1. The van der Waals surface area contributed by atoms with Gasteiger partial charge in [0.05, 0.1) is 0 Å². The van der Waals surface area contributed by atoms with Gasteiger partial charge in [0.1, 0.15) is 5.82 Å². The predicted molar refractivity (Wildman–Crippen MR) is 77.4 cm³/mol. The minimum atomic E-state index is -0.268. The smallest absolute Gasteiger partial charge is 0.197 e. The monoisotopic (exact) mass is 276 g/mol. The first-order chi connectivity index (χ1) is 9.47. The Labute approximate surface area is 115 Å². The second kappa shape index (κ2) is 5.60. The van der Waals surface area contributed by atoms with Gasteiger partial charge in [-0.05, 0) is 30.2 Å². The fourth-order valence-corrected chi connectivity index (χ4v) is 1.99. The number of nitrogens with zero attached hydrogens (tertiary/aromatic N) is 1. The number of aromatic nitrogens is 1. The molecule has 6 nitrogen and oxygen atoms in total. The molecule has 0 amide bonds. The van der Waals surface area contributed by atoms with Crippen LogP contribution in [0.5, 0.6) is 0 Å². The van der Waals surface area contributed by atoms with Crippen LogP contribution in [0.1, 0.15) is 5.56 Å². The Hall–Kier alpha value is -2.57. The van der Waals surface area contributed by atoms with E-state index in [2.05, 4.69) is 10.3 Å². The van der Waals surface area contributed by atoms with Gasteiger partial charge in [0.15, 0.2) is 11.9 Å². The van der Waals surface area contributed by atoms with Gasteiger partial charge in [0.25, 0.3) is 0 Å². The maximum absolute atomic E-state index is 13.1. The molecule has 7 heteroatoms. The largest absolute Gasteiger partial charge is 0.370 e. The Morgan fingerprint density at radius 1 is 1.45 bits per heavy atom. The number of hydrogen-bond acceptors (Lipinski definition) is 2. The van der Waals surface area contributed by atoms with Gasteiger partial charge in [-0.25, -0.2) is 4.39 Å². The summed E-state index contributed by atoms with van der Waals surface area (Å²) in [4.78, 5) is 4.69. The van der Waals surface area contributed by atoms with Gasteiger partial charge in [-0.2, -0.15) is 0 Å². The van der Waals surface area contributed by atoms with Crippen molar-refractivity contribution in [1.82, 2.24) is 15.2 Å². The van der Waals surface area contributed by atoms with E-state index < -0.39 is 0 Å². The number of guanidine groups is 2. The van der Waals surface area contributed by atoms with Crippen molar-refractivity contribution in [2.24, 2.45) is 5.73 Å². The molecule has 20 heavy (non-hydrogen) atoms. The van der Waals surface area contributed by atoms with Crippen molar-refractivity contribution < 1.29 is 4.39 Å². The zero-order chi connectivity index (χ0) is 14.7. The SMILES string of the molecule is CN(CCc1c[nH]c2cc(F)ccc12)C(=N)NC(=N)N. The number of H-pyrrole nitrogens is 1. The summed E-state index contributed by atoms with van der Waals surface area (Å²) in [7, 11) is 1.74. The molecule has 1 aromatic carbocycles. The Morgan fingerprint density at radius 2 is 2.20 bits per heavy atom. The summed E-state index contributed by atoms with van der Waals surface area (Å²) in [6.07, 6.45) is 2.55. The number of halogens is 1. The summed E-state index contributed by atoms with van der Waals surface area (Å²) in [5, 5.41) is 18.2. The first kappa shape index (κ1) is 13.9. The molecule has 0 bridgehead atoms. The number of hydrogen-bond donors (Lipinski definition) is 5. The standard InChI is InChI=1S/C13H17FN6/c1-20(13(17)19-12(15)16)5-4-8-7-18-11-6-9(14)2-3-10(8)11/h2-3,6-7,18H,4-5H2,1H3,(H5,15,16,17,19). The van der Waals surface area contributed by atoms with Gasteiger partial charge in [-0.1, -0.05) is 0 Å². The van der Waals surface area contributed by atoms with Crippen molar-refractivity contribution in [3.63, 3.8) is 0 Å². The van der Waals surface area contributed by atoms with Crippen LogP contribution in [-0.4, -0.2) is 35.4 Å². The minimum Gasteiger partial charge on any atom is -0.370 e. The molecule has 0 saturated carbocycles. The Morgan fingerprint density at radius 3 is 2.90 bits per heavy atom. The van der Waals surface area contributed by atoms with Crippen LogP contribution in [0, 0.1) is 16.6 Å². The third-order valence-electron chi connectivity index (χ3n) is 3.08. The first-order valence-corrected chi connectivity index (χ1v) is 6.13. The molecule has 0 radical (unpaired) electrons. The predicted octanol–water partition coefficient (Wildman–Crippen LogP) is 1.20. The minimum absolute atomic E-state index is 0.0726. The average Bonchev–Trinajstić information content (AvgIpc) is 2.77. The lowest BCUT2D eigenvalue weighted by molar-refractivity contribution is 0.493. The molecule has 0 fully saturated rings. The summed E-state index contributed by atoms with van der Waals surface area (Å²) in [6.45, 7) is 0.587. The maximum atomic E-state index is 13.1. The average molecular weight is 276 g/mol. The molecule has 0 saturated heterocycles. The van der Waals surface area contributed by atoms with Crippen LogP contribution in [0.4, 0.5) is 4.39 Å². The fraction of sp³-hybridized carbons (Fsp3) is 0.231. The van der Waals surface area contributed by atoms with E-state index in [0.717, 1.165) is 16.5 Å². The third-order valence-corrected chi connectivity index (χ3v) is 3.08. The number of benzene rings is 1. The number of nitrogens with one attached hydrogen (secondary N) is 4. The molecule has 0 unspecified atom stereocenters. The van der Waals surface area contributed by atoms with Crippen LogP contribution in [0.25, 0.3) is 10.9 Å². The molecule has 6 N–H and O–H groups in total. The van der Waals surface area contributed by atoms with Gasteiger partial charge in [-0.3, -0.25) is 16.1 Å². The van der Waals surface area contributed by atoms with E-state index in [9.17, 15) is 4.39 Å². The molecular formula is C13H17FN6. The van der Waals surface area contributed by atoms with Crippen molar-refractivity contribution in [3.8, 4) is 0 Å². The molecular weight excluding hydrogens is 259 g/mol. The Balaban J connectivity index is 2.02. The van der Waals surface area contributed by atoms with Crippen molar-refractivity contribution >= 4 is 22.8 Å². The van der Waals surface area contributed by atoms with Crippen molar-refractivity contribution in [3.05, 3.63) is 35.8 Å². The number of likely N-dealkylation sites (N-methyl/N-ethyl adjacent to an activating group) is 1. The van der Waals surface area contributed by atoms with E-state index in [0.29, 0.717) is 13.0 Å². The Kier molecular flexibility index (Phi) is 3.88. The number of aromatic amines is 1. The van der Waals surface area contributed by atoms with E-state index in [1.165, 1.54) is 12.1 Å². The highest BCUT2D eigenvalue weighted by molar-refractivity contribution is 5.94. The van der Waals surface area contributed by atoms with Crippen molar-refractivity contribution in [1.29, 1.82) is 10.8 Å². The topological polar surface area (TPSA) is 105 Å². The quantitative estimate of drug-likeness (QED) is 0.429. The van der Waals surface area contributed by atoms with Crippen LogP contribution in [-0.2, 0) is 6.42 Å². The lowest BCUT2D eigenvalue weighted by atomic mass is 10.1. The summed E-state index contributed by atoms with van der Waals surface area (Å²) < 4.78 is 13.1. The summed E-state index contributed by atoms with van der Waals surface area (Å²) in [6, 6.07) is 4.64. The van der Waals surface area contributed by atoms with Crippen LogP contribution in [0.15, 0.2) is 24.4 Å². The molecule has 1 aromatic heterocycles. The molecule has 2 aromatic rings. The van der Waals surface area contributed by atoms with E-state index in [1.807, 2.05) is 6.20 Å². The number of rotatable bonds is 3. The first-order valence-electron chi connectivity index (χ1n) is 6.13. The van der Waals surface area contributed by atoms with Crippen LogP contribution >= 0.6 is 0 Å². The fourth-order valence-electron chi connectivity index (χ4n) is 1.99. The molecule has 1 heterocycles. The highest BCUT2D eigenvalue weighted by Crippen LogP contribution is 2.19. The molecule has 106 valence electrons. The number of fused-ring (bicyclic) bond motifs is 1. The molecule has 0 aliphatic heterocycles. The second-order valence-electron chi connectivity index (χ2n) is 4.56. The molecule has 0 spiro atoms. The molecule has 0 aliphatic rings. The lowest BCUT2D eigenvalue weighted by Gasteiger charge is -2.19. The highest BCUT2D eigenvalue weighted by Gasteiger charge is 2.08. The van der Waals surface area contributed by atoms with Gasteiger partial charge < -0.3 is 15.6 Å². The second-order valence-corrected chi connectivity index (χ2v) is 4.56. The van der Waals surface area contributed by atoms with Gasteiger partial charge >= 0.3 is 0 Å². The van der Waals surface area contributed by atoms with Crippen LogP contribution in [0.2, 0.25) is 0 Å². The lowest BCUT2D eigenvalue weighted by Crippen LogP contribution is -2.44. The van der Waals surface area contributed by atoms with Gasteiger partial charge in [-0.15, -0.1) is 0 Å². The third kappa shape index (κ3) is 3.05. The molecule has 2 rings (SSSR count). The zero-order valence-corrected chi connectivity index (χ0v) is 11.1. The maximum Gasteiger partial charge on any atom is 0.197 e. The molecule has 0 aliphatic carbocycles. The van der Waals surface area contributed by atoms with Gasteiger partial charge in [0.2, 0.25) is 0 Å². The Bertz CT molecular complexity index is 647. The highest BCUT2D eigenvalue weighted by atomic mass is 19.1. The van der Waals surface area contributed by atoms with Crippen LogP contribution in [0.3, 0.4) is 0 Å². The van der Waals surface area contributed by atoms with Crippen molar-refractivity contribution in [2.75, 3.05) is 13.6 Å². The molecule has 0 atom stereocenters. The van der Waals surface area contributed by atoms with Gasteiger partial charge in [0, 0.05) is 30.7 Å². The van der Waals surface area contributed by atoms with Crippen molar-refractivity contribution in [2.45, 2.75) is 6.42 Å². The number of nitrogens with two attached hydrogens (primary N) is 1.